The van der Waals surface area contributed by atoms with Crippen LogP contribution in [0.15, 0.2) is 18.2 Å². The summed E-state index contributed by atoms with van der Waals surface area (Å²) < 4.78 is 46.4. The van der Waals surface area contributed by atoms with Gasteiger partial charge in [0.15, 0.2) is 18.1 Å². The molecular weight excluding hydrogens is 361 g/mol. The van der Waals surface area contributed by atoms with E-state index in [1.807, 2.05) is 0 Å². The summed E-state index contributed by atoms with van der Waals surface area (Å²) in [6, 6.07) is 4.66. The quantitative estimate of drug-likeness (QED) is 0.724. The molecule has 9 heteroatoms. The van der Waals surface area contributed by atoms with Gasteiger partial charge in [-0.2, -0.15) is 13.2 Å². The number of carbonyl (C=O) groups is 1. The van der Waals surface area contributed by atoms with Crippen LogP contribution in [-0.4, -0.2) is 45.4 Å². The van der Waals surface area contributed by atoms with Crippen molar-refractivity contribution in [2.24, 2.45) is 5.92 Å². The van der Waals surface area contributed by atoms with Gasteiger partial charge in [0.05, 0.1) is 7.11 Å². The average molecular weight is 383 g/mol. The summed E-state index contributed by atoms with van der Waals surface area (Å²) in [4.78, 5) is 11.8. The zero-order chi connectivity index (χ0) is 17.6. The van der Waals surface area contributed by atoms with Gasteiger partial charge in [0, 0.05) is 32.0 Å². The third-order valence-electron chi connectivity index (χ3n) is 3.71. The number of benzene rings is 1. The van der Waals surface area contributed by atoms with Crippen LogP contribution in [0.2, 0.25) is 0 Å². The van der Waals surface area contributed by atoms with Crippen LogP contribution in [0.25, 0.3) is 0 Å². The Morgan fingerprint density at radius 1 is 1.32 bits per heavy atom. The Balaban J connectivity index is 0.00000312. The van der Waals surface area contributed by atoms with Gasteiger partial charge in [-0.25, -0.2) is 0 Å². The summed E-state index contributed by atoms with van der Waals surface area (Å²) in [5.74, 6) is 0.704. The molecule has 1 heterocycles. The summed E-state index contributed by atoms with van der Waals surface area (Å²) in [6.45, 7) is 1.15. The predicted molar refractivity (Wildman–Crippen MR) is 89.5 cm³/mol. The van der Waals surface area contributed by atoms with E-state index in [0.717, 1.165) is 18.7 Å². The van der Waals surface area contributed by atoms with Crippen LogP contribution < -0.4 is 20.1 Å². The minimum absolute atomic E-state index is 0. The molecule has 1 aliphatic rings. The van der Waals surface area contributed by atoms with Gasteiger partial charge in [-0.3, -0.25) is 4.79 Å². The first-order valence-corrected chi connectivity index (χ1v) is 7.71. The highest BCUT2D eigenvalue weighted by Crippen LogP contribution is 2.30. The lowest BCUT2D eigenvalue weighted by atomic mass is 10.0. The van der Waals surface area contributed by atoms with Crippen LogP contribution in [0.1, 0.15) is 12.0 Å². The Morgan fingerprint density at radius 3 is 2.60 bits per heavy atom. The van der Waals surface area contributed by atoms with Crippen LogP contribution in [0.5, 0.6) is 11.5 Å². The van der Waals surface area contributed by atoms with Crippen molar-refractivity contribution in [1.82, 2.24) is 10.6 Å². The number of hydrogen-bond donors (Lipinski definition) is 2. The van der Waals surface area contributed by atoms with Crippen LogP contribution in [0, 0.1) is 5.92 Å². The monoisotopic (exact) mass is 382 g/mol. The van der Waals surface area contributed by atoms with Crippen molar-refractivity contribution in [2.45, 2.75) is 19.0 Å². The molecule has 0 aliphatic carbocycles. The Hall–Kier alpha value is -1.67. The second-order valence-electron chi connectivity index (χ2n) is 5.72. The van der Waals surface area contributed by atoms with E-state index in [1.165, 1.54) is 13.2 Å². The summed E-state index contributed by atoms with van der Waals surface area (Å²) >= 11 is 0. The van der Waals surface area contributed by atoms with Gasteiger partial charge >= 0.3 is 6.18 Å². The predicted octanol–water partition coefficient (Wildman–Crippen LogP) is 2.33. The van der Waals surface area contributed by atoms with Gasteiger partial charge in [-0.05, 0) is 24.1 Å². The highest BCUT2D eigenvalue weighted by Gasteiger charge is 2.29. The van der Waals surface area contributed by atoms with Crippen molar-refractivity contribution >= 4 is 18.3 Å². The number of amides is 1. The molecule has 1 fully saturated rings. The van der Waals surface area contributed by atoms with E-state index in [1.54, 1.807) is 12.1 Å². The average Bonchev–Trinajstić information content (AvgIpc) is 2.48. The lowest BCUT2D eigenvalue weighted by Gasteiger charge is -2.27. The molecule has 1 aromatic rings. The molecule has 5 nitrogen and oxygen atoms in total. The molecular formula is C16H22ClF3N2O3. The molecule has 1 amide bonds. The van der Waals surface area contributed by atoms with Crippen LogP contribution in [0.4, 0.5) is 13.2 Å². The number of aryl methyl sites for hydroxylation is 1. The summed E-state index contributed by atoms with van der Waals surface area (Å²) in [7, 11) is 1.36. The Morgan fingerprint density at radius 2 is 2.04 bits per heavy atom. The standard InChI is InChI=1S/C16H21F3N2O3.ClH/c1-23-14-6-11(2-4-13(14)24-10-16(17,18)19)3-5-15(22)21-9-12-7-20-8-12;/h2,4,6,12,20H,3,5,7-10H2,1H3,(H,21,22);1H. The maximum Gasteiger partial charge on any atom is 0.422 e. The Bertz CT molecular complexity index is 566. The number of methoxy groups -OCH3 is 1. The second kappa shape index (κ2) is 9.72. The molecule has 0 unspecified atom stereocenters. The van der Waals surface area contributed by atoms with Gasteiger partial charge in [0.2, 0.25) is 5.91 Å². The largest absolute Gasteiger partial charge is 0.493 e. The number of halogens is 4. The molecule has 2 N–H and O–H groups in total. The van der Waals surface area contributed by atoms with Gasteiger partial charge in [-0.1, -0.05) is 6.07 Å². The van der Waals surface area contributed by atoms with Crippen molar-refractivity contribution in [1.29, 1.82) is 0 Å². The first kappa shape index (κ1) is 21.4. The lowest BCUT2D eigenvalue weighted by Crippen LogP contribution is -2.48. The first-order chi connectivity index (χ1) is 11.4. The molecule has 0 spiro atoms. The van der Waals surface area contributed by atoms with Crippen LogP contribution in [-0.2, 0) is 11.2 Å². The van der Waals surface area contributed by atoms with Gasteiger partial charge in [0.25, 0.3) is 0 Å². The van der Waals surface area contributed by atoms with E-state index in [4.69, 9.17) is 9.47 Å². The normalized spacial score (nSPS) is 14.2. The van der Waals surface area contributed by atoms with Gasteiger partial charge < -0.3 is 20.1 Å². The molecule has 1 aromatic carbocycles. The molecule has 0 saturated carbocycles. The fourth-order valence-corrected chi connectivity index (χ4v) is 2.24. The highest BCUT2D eigenvalue weighted by molar-refractivity contribution is 5.85. The summed E-state index contributed by atoms with van der Waals surface area (Å²) in [5, 5.41) is 6.00. The molecule has 25 heavy (non-hydrogen) atoms. The SMILES string of the molecule is COc1cc(CCC(=O)NCC2CNC2)ccc1OCC(F)(F)F.Cl. The van der Waals surface area contributed by atoms with Crippen molar-refractivity contribution in [2.75, 3.05) is 33.4 Å². The fourth-order valence-electron chi connectivity index (χ4n) is 2.24. The minimum atomic E-state index is -4.41. The van der Waals surface area contributed by atoms with Crippen LogP contribution >= 0.6 is 12.4 Å². The molecule has 0 atom stereocenters. The molecule has 0 bridgehead atoms. The molecule has 0 radical (unpaired) electrons. The Labute approximate surface area is 150 Å². The van der Waals surface area contributed by atoms with E-state index in [2.05, 4.69) is 10.6 Å². The minimum Gasteiger partial charge on any atom is -0.493 e. The number of nitrogens with one attached hydrogen (secondary N) is 2. The third kappa shape index (κ3) is 7.39. The molecule has 0 aromatic heterocycles. The maximum atomic E-state index is 12.2. The number of rotatable bonds is 8. The molecule has 142 valence electrons. The van der Waals surface area contributed by atoms with E-state index < -0.39 is 12.8 Å². The first-order valence-electron chi connectivity index (χ1n) is 7.71. The van der Waals surface area contributed by atoms with E-state index in [0.29, 0.717) is 25.3 Å². The van der Waals surface area contributed by atoms with Gasteiger partial charge in [-0.15, -0.1) is 12.4 Å². The topological polar surface area (TPSA) is 59.6 Å². The fraction of sp³-hybridized carbons (Fsp3) is 0.562. The van der Waals surface area contributed by atoms with Crippen molar-refractivity contribution in [3.05, 3.63) is 23.8 Å². The number of carbonyl (C=O) groups excluding carboxylic acids is 1. The molecule has 1 aliphatic heterocycles. The van der Waals surface area contributed by atoms with Crippen LogP contribution in [0.3, 0.4) is 0 Å². The smallest absolute Gasteiger partial charge is 0.422 e. The molecule has 1 saturated heterocycles. The van der Waals surface area contributed by atoms with E-state index in [9.17, 15) is 18.0 Å². The zero-order valence-electron chi connectivity index (χ0n) is 13.8. The summed E-state index contributed by atoms with van der Waals surface area (Å²) in [6.07, 6.45) is -3.62. The van der Waals surface area contributed by atoms with Crippen molar-refractivity contribution < 1.29 is 27.4 Å². The highest BCUT2D eigenvalue weighted by atomic mass is 35.5. The molecule has 2 rings (SSSR count). The Kier molecular flexibility index (Phi) is 8.31. The zero-order valence-corrected chi connectivity index (χ0v) is 14.6. The second-order valence-corrected chi connectivity index (χ2v) is 5.72. The number of alkyl halides is 3. The van der Waals surface area contributed by atoms with E-state index in [-0.39, 0.29) is 29.8 Å². The third-order valence-corrected chi connectivity index (χ3v) is 3.71. The number of hydrogen-bond acceptors (Lipinski definition) is 4. The summed E-state index contributed by atoms with van der Waals surface area (Å²) in [5.41, 5.74) is 0.798. The lowest BCUT2D eigenvalue weighted by molar-refractivity contribution is -0.153. The van der Waals surface area contributed by atoms with E-state index >= 15 is 0 Å². The maximum absolute atomic E-state index is 12.2. The number of ether oxygens (including phenoxy) is 2. The van der Waals surface area contributed by atoms with Crippen molar-refractivity contribution in [3.63, 3.8) is 0 Å². The van der Waals surface area contributed by atoms with Gasteiger partial charge in [0.1, 0.15) is 0 Å². The van der Waals surface area contributed by atoms with Crippen molar-refractivity contribution in [3.8, 4) is 11.5 Å².